The van der Waals surface area contributed by atoms with Gasteiger partial charge in [-0.15, -0.1) is 0 Å². The maximum absolute atomic E-state index is 6.58. The van der Waals surface area contributed by atoms with Crippen LogP contribution in [0, 0.1) is 0 Å². The average Bonchev–Trinajstić information content (AvgIpc) is 2.14. The predicted octanol–water partition coefficient (Wildman–Crippen LogP) is 3.68. The van der Waals surface area contributed by atoms with E-state index in [-0.39, 0.29) is 0 Å². The highest BCUT2D eigenvalue weighted by molar-refractivity contribution is 6.74. The van der Waals surface area contributed by atoms with Gasteiger partial charge in [0.1, 0.15) is 0 Å². The van der Waals surface area contributed by atoms with E-state index in [2.05, 4.69) is 39.2 Å². The summed E-state index contributed by atoms with van der Waals surface area (Å²) in [7, 11) is -1.57. The third-order valence-electron chi connectivity index (χ3n) is 4.94. The lowest BCUT2D eigenvalue weighted by atomic mass is 9.85. The second kappa shape index (κ2) is 4.67. The largest absolute Gasteiger partial charge is 0.414 e. The molecule has 2 rings (SSSR count). The lowest BCUT2D eigenvalue weighted by Gasteiger charge is -2.45. The van der Waals surface area contributed by atoms with Gasteiger partial charge in [0, 0.05) is 18.2 Å². The highest BCUT2D eigenvalue weighted by atomic mass is 28.4. The van der Waals surface area contributed by atoms with Crippen molar-refractivity contribution in [3.8, 4) is 0 Å². The first-order valence-electron chi connectivity index (χ1n) is 7.22. The average molecular weight is 255 g/mol. The molecule has 0 aromatic heterocycles. The Kier molecular flexibility index (Phi) is 3.73. The molecule has 2 saturated heterocycles. The molecule has 2 aliphatic heterocycles. The molecular formula is C14H29NOSi. The van der Waals surface area contributed by atoms with E-state index in [4.69, 9.17) is 4.43 Å². The Labute approximate surface area is 108 Å². The summed E-state index contributed by atoms with van der Waals surface area (Å²) in [5, 5.41) is 4.08. The Morgan fingerprint density at radius 1 is 1.06 bits per heavy atom. The minimum atomic E-state index is -1.57. The van der Waals surface area contributed by atoms with Gasteiger partial charge in [-0.05, 0) is 43.8 Å². The van der Waals surface area contributed by atoms with E-state index in [1.165, 1.54) is 32.1 Å². The zero-order chi connectivity index (χ0) is 12.7. The van der Waals surface area contributed by atoms with Crippen LogP contribution in [0.15, 0.2) is 0 Å². The van der Waals surface area contributed by atoms with Gasteiger partial charge in [-0.3, -0.25) is 0 Å². The Morgan fingerprint density at radius 2 is 1.59 bits per heavy atom. The van der Waals surface area contributed by atoms with Crippen molar-refractivity contribution in [3.05, 3.63) is 0 Å². The Morgan fingerprint density at radius 3 is 2.06 bits per heavy atom. The van der Waals surface area contributed by atoms with E-state index in [0.717, 1.165) is 12.1 Å². The molecule has 0 aromatic carbocycles. The molecule has 2 atom stereocenters. The van der Waals surface area contributed by atoms with Crippen molar-refractivity contribution in [2.45, 2.75) is 89.2 Å². The standard InChI is InChI=1S/C14H29NOSi/c1-14(2,3)17(4,5)16-13-9-11-7-6-8-12(10-13)15-11/h11-13,15H,6-10H2,1-5H3. The molecule has 2 unspecified atom stereocenters. The van der Waals surface area contributed by atoms with Crippen LogP contribution in [0.25, 0.3) is 0 Å². The molecule has 1 N–H and O–H groups in total. The molecule has 0 radical (unpaired) electrons. The van der Waals surface area contributed by atoms with Crippen LogP contribution in [0.4, 0.5) is 0 Å². The quantitative estimate of drug-likeness (QED) is 0.760. The topological polar surface area (TPSA) is 21.3 Å². The van der Waals surface area contributed by atoms with Crippen LogP contribution < -0.4 is 5.32 Å². The van der Waals surface area contributed by atoms with Gasteiger partial charge < -0.3 is 9.74 Å². The van der Waals surface area contributed by atoms with Gasteiger partial charge in [-0.1, -0.05) is 27.2 Å². The van der Waals surface area contributed by atoms with Crippen LogP contribution in [0.2, 0.25) is 18.1 Å². The molecule has 0 aliphatic carbocycles. The number of hydrogen-bond donors (Lipinski definition) is 1. The van der Waals surface area contributed by atoms with E-state index in [0.29, 0.717) is 11.1 Å². The summed E-state index contributed by atoms with van der Waals surface area (Å²) in [6, 6.07) is 1.47. The Balaban J connectivity index is 1.95. The molecule has 2 fully saturated rings. The Bertz CT molecular complexity index is 260. The van der Waals surface area contributed by atoms with Gasteiger partial charge in [-0.25, -0.2) is 0 Å². The van der Waals surface area contributed by atoms with Crippen molar-refractivity contribution in [1.82, 2.24) is 5.32 Å². The normalized spacial score (nSPS) is 34.8. The summed E-state index contributed by atoms with van der Waals surface area (Å²) < 4.78 is 6.58. The van der Waals surface area contributed by atoms with Crippen molar-refractivity contribution in [3.63, 3.8) is 0 Å². The first-order chi connectivity index (χ1) is 7.78. The van der Waals surface area contributed by atoms with Crippen molar-refractivity contribution in [1.29, 1.82) is 0 Å². The van der Waals surface area contributed by atoms with Crippen molar-refractivity contribution in [2.24, 2.45) is 0 Å². The highest BCUT2D eigenvalue weighted by Gasteiger charge is 2.41. The minimum absolute atomic E-state index is 0.340. The highest BCUT2D eigenvalue weighted by Crippen LogP contribution is 2.39. The number of piperidine rings is 2. The molecular weight excluding hydrogens is 226 g/mol. The molecule has 0 spiro atoms. The molecule has 0 amide bonds. The van der Waals surface area contributed by atoms with Crippen LogP contribution in [0.1, 0.15) is 52.9 Å². The molecule has 0 aromatic rings. The first-order valence-corrected chi connectivity index (χ1v) is 10.1. The monoisotopic (exact) mass is 255 g/mol. The van der Waals surface area contributed by atoms with Crippen molar-refractivity contribution < 1.29 is 4.43 Å². The lowest BCUT2D eigenvalue weighted by Crippen LogP contribution is -2.54. The zero-order valence-corrected chi connectivity index (χ0v) is 13.2. The van der Waals surface area contributed by atoms with Gasteiger partial charge in [-0.2, -0.15) is 0 Å². The van der Waals surface area contributed by atoms with Crippen molar-refractivity contribution >= 4 is 8.32 Å². The molecule has 2 aliphatic rings. The summed E-state index contributed by atoms with van der Waals surface area (Å²) >= 11 is 0. The van der Waals surface area contributed by atoms with Gasteiger partial charge in [0.05, 0.1) is 0 Å². The maximum Gasteiger partial charge on any atom is 0.192 e. The van der Waals surface area contributed by atoms with Crippen LogP contribution in [-0.4, -0.2) is 26.5 Å². The lowest BCUT2D eigenvalue weighted by molar-refractivity contribution is 0.0816. The summed E-state index contributed by atoms with van der Waals surface area (Å²) in [6.45, 7) is 11.8. The number of nitrogens with one attached hydrogen (secondary N) is 1. The van der Waals surface area contributed by atoms with Crippen LogP contribution in [0.5, 0.6) is 0 Å². The third kappa shape index (κ3) is 3.12. The van der Waals surface area contributed by atoms with Gasteiger partial charge >= 0.3 is 0 Å². The van der Waals surface area contributed by atoms with Gasteiger partial charge in [0.2, 0.25) is 0 Å². The zero-order valence-electron chi connectivity index (χ0n) is 12.2. The van der Waals surface area contributed by atoms with Crippen molar-refractivity contribution in [2.75, 3.05) is 0 Å². The fourth-order valence-corrected chi connectivity index (χ4v) is 4.28. The van der Waals surface area contributed by atoms with Gasteiger partial charge in [0.15, 0.2) is 8.32 Å². The van der Waals surface area contributed by atoms with E-state index in [1.54, 1.807) is 0 Å². The molecule has 0 saturated carbocycles. The number of hydrogen-bond acceptors (Lipinski definition) is 2. The van der Waals surface area contributed by atoms with Crippen LogP contribution in [-0.2, 0) is 4.43 Å². The molecule has 3 heteroatoms. The second-order valence-corrected chi connectivity index (χ2v) is 12.2. The summed E-state index contributed by atoms with van der Waals surface area (Å²) in [5.41, 5.74) is 0. The summed E-state index contributed by atoms with van der Waals surface area (Å²) in [4.78, 5) is 0. The molecule has 2 nitrogen and oxygen atoms in total. The first kappa shape index (κ1) is 13.6. The van der Waals surface area contributed by atoms with E-state index < -0.39 is 8.32 Å². The minimum Gasteiger partial charge on any atom is -0.414 e. The molecule has 100 valence electrons. The smallest absolute Gasteiger partial charge is 0.192 e. The van der Waals surface area contributed by atoms with Gasteiger partial charge in [0.25, 0.3) is 0 Å². The third-order valence-corrected chi connectivity index (χ3v) is 9.47. The van der Waals surface area contributed by atoms with E-state index >= 15 is 0 Å². The fourth-order valence-electron chi connectivity index (χ4n) is 2.90. The van der Waals surface area contributed by atoms with Crippen LogP contribution in [0.3, 0.4) is 0 Å². The Hall–Kier alpha value is 0.137. The van der Waals surface area contributed by atoms with Crippen LogP contribution >= 0.6 is 0 Å². The fraction of sp³-hybridized carbons (Fsp3) is 1.00. The predicted molar refractivity (Wildman–Crippen MR) is 75.9 cm³/mol. The number of fused-ring (bicyclic) bond motifs is 2. The SMILES string of the molecule is CC(C)(C)[Si](C)(C)OC1CC2CCCC(C1)N2. The molecule has 2 bridgehead atoms. The summed E-state index contributed by atoms with van der Waals surface area (Å²) in [6.07, 6.45) is 7.12. The molecule has 17 heavy (non-hydrogen) atoms. The molecule has 2 heterocycles. The maximum atomic E-state index is 6.58. The number of rotatable bonds is 2. The van der Waals surface area contributed by atoms with E-state index in [1.807, 2.05) is 0 Å². The summed E-state index contributed by atoms with van der Waals surface area (Å²) in [5.74, 6) is 0. The second-order valence-electron chi connectivity index (χ2n) is 7.46. The van der Waals surface area contributed by atoms with E-state index in [9.17, 15) is 0 Å².